The summed E-state index contributed by atoms with van der Waals surface area (Å²) in [5, 5.41) is 2.36. The normalized spacial score (nSPS) is 14.7. The van der Waals surface area contributed by atoms with Crippen LogP contribution in [0.1, 0.15) is 12.1 Å². The smallest absolute Gasteiger partial charge is 0.246 e. The summed E-state index contributed by atoms with van der Waals surface area (Å²) in [5.41, 5.74) is 7.22. The number of aromatic nitrogens is 1. The van der Waals surface area contributed by atoms with E-state index in [0.29, 0.717) is 31.1 Å². The zero-order valence-electron chi connectivity index (χ0n) is 14.0. The number of carbonyl (C=O) groups is 2. The highest BCUT2D eigenvalue weighted by atomic mass is 32.1. The SMILES string of the molecule is COc1ccc(N2CCN(C(=O)CCc3csc(N)n3)CC2=O)cc1. The minimum atomic E-state index is -0.0809. The van der Waals surface area contributed by atoms with Crippen LogP contribution in [0.4, 0.5) is 10.8 Å². The van der Waals surface area contributed by atoms with Gasteiger partial charge in [0.1, 0.15) is 12.3 Å². The number of benzene rings is 1. The van der Waals surface area contributed by atoms with E-state index in [9.17, 15) is 9.59 Å². The molecule has 8 heteroatoms. The Bertz CT molecular complexity index is 760. The fourth-order valence-electron chi connectivity index (χ4n) is 2.75. The Morgan fingerprint density at radius 2 is 2.08 bits per heavy atom. The molecular weight excluding hydrogens is 340 g/mol. The quantitative estimate of drug-likeness (QED) is 0.874. The van der Waals surface area contributed by atoms with E-state index in [1.807, 2.05) is 29.6 Å². The van der Waals surface area contributed by atoms with Crippen molar-refractivity contribution < 1.29 is 14.3 Å². The average molecular weight is 360 g/mol. The molecule has 1 aromatic carbocycles. The van der Waals surface area contributed by atoms with Crippen molar-refractivity contribution in [1.82, 2.24) is 9.88 Å². The van der Waals surface area contributed by atoms with Crippen molar-refractivity contribution in [3.8, 4) is 5.75 Å². The molecule has 1 fully saturated rings. The second kappa shape index (κ2) is 7.52. The van der Waals surface area contributed by atoms with Crippen LogP contribution in [0.5, 0.6) is 5.75 Å². The second-order valence-electron chi connectivity index (χ2n) is 5.74. The van der Waals surface area contributed by atoms with Gasteiger partial charge in [-0.1, -0.05) is 0 Å². The van der Waals surface area contributed by atoms with Crippen molar-refractivity contribution >= 4 is 34.0 Å². The Hall–Kier alpha value is -2.61. The number of carbonyl (C=O) groups excluding carboxylic acids is 2. The molecule has 0 aliphatic carbocycles. The summed E-state index contributed by atoms with van der Waals surface area (Å²) in [7, 11) is 1.60. The van der Waals surface area contributed by atoms with Gasteiger partial charge in [0, 0.05) is 30.6 Å². The Balaban J connectivity index is 1.55. The number of aryl methyl sites for hydroxylation is 1. The molecule has 2 amide bonds. The van der Waals surface area contributed by atoms with Crippen molar-refractivity contribution in [1.29, 1.82) is 0 Å². The molecule has 2 N–H and O–H groups in total. The van der Waals surface area contributed by atoms with Gasteiger partial charge in [-0.05, 0) is 30.7 Å². The number of methoxy groups -OCH3 is 1. The molecule has 1 aliphatic rings. The second-order valence-corrected chi connectivity index (χ2v) is 6.63. The largest absolute Gasteiger partial charge is 0.497 e. The number of nitrogens with zero attached hydrogens (tertiary/aromatic N) is 3. The summed E-state index contributed by atoms with van der Waals surface area (Å²) < 4.78 is 5.13. The summed E-state index contributed by atoms with van der Waals surface area (Å²) in [6.45, 7) is 1.11. The molecule has 0 saturated carbocycles. The Labute approximate surface area is 150 Å². The monoisotopic (exact) mass is 360 g/mol. The highest BCUT2D eigenvalue weighted by molar-refractivity contribution is 7.13. The molecule has 2 heterocycles. The van der Waals surface area contributed by atoms with Crippen LogP contribution < -0.4 is 15.4 Å². The van der Waals surface area contributed by atoms with Crippen LogP contribution in [0, 0.1) is 0 Å². The number of hydrogen-bond donors (Lipinski definition) is 1. The maximum Gasteiger partial charge on any atom is 0.246 e. The first-order chi connectivity index (χ1) is 12.1. The first kappa shape index (κ1) is 17.2. The van der Waals surface area contributed by atoms with E-state index in [4.69, 9.17) is 10.5 Å². The third-order valence-corrected chi connectivity index (χ3v) is 4.84. The predicted molar refractivity (Wildman–Crippen MR) is 96.8 cm³/mol. The lowest BCUT2D eigenvalue weighted by atomic mass is 10.2. The topological polar surface area (TPSA) is 88.8 Å². The van der Waals surface area contributed by atoms with Crippen molar-refractivity contribution in [3.63, 3.8) is 0 Å². The van der Waals surface area contributed by atoms with E-state index >= 15 is 0 Å². The van der Waals surface area contributed by atoms with Crippen LogP contribution in [0.15, 0.2) is 29.6 Å². The van der Waals surface area contributed by atoms with Gasteiger partial charge in [0.05, 0.1) is 12.8 Å². The molecule has 1 aliphatic heterocycles. The van der Waals surface area contributed by atoms with E-state index < -0.39 is 0 Å². The van der Waals surface area contributed by atoms with Gasteiger partial charge in [0.25, 0.3) is 0 Å². The summed E-state index contributed by atoms with van der Waals surface area (Å²) in [6, 6.07) is 7.33. The summed E-state index contributed by atoms with van der Waals surface area (Å²) in [5.74, 6) is 0.629. The molecule has 0 bridgehead atoms. The number of ether oxygens (including phenoxy) is 1. The number of piperazine rings is 1. The van der Waals surface area contributed by atoms with Gasteiger partial charge >= 0.3 is 0 Å². The van der Waals surface area contributed by atoms with Gasteiger partial charge in [-0.15, -0.1) is 11.3 Å². The maximum absolute atomic E-state index is 12.4. The fourth-order valence-corrected chi connectivity index (χ4v) is 3.35. The molecule has 0 atom stereocenters. The highest BCUT2D eigenvalue weighted by Crippen LogP contribution is 2.21. The van der Waals surface area contributed by atoms with Gasteiger partial charge in [-0.25, -0.2) is 4.98 Å². The summed E-state index contributed by atoms with van der Waals surface area (Å²) in [6.07, 6.45) is 0.873. The summed E-state index contributed by atoms with van der Waals surface area (Å²) >= 11 is 1.36. The minimum Gasteiger partial charge on any atom is -0.497 e. The maximum atomic E-state index is 12.4. The van der Waals surface area contributed by atoms with E-state index in [2.05, 4.69) is 4.98 Å². The molecule has 0 unspecified atom stereocenters. The number of amides is 2. The van der Waals surface area contributed by atoms with Gasteiger partial charge < -0.3 is 20.3 Å². The Morgan fingerprint density at radius 3 is 2.68 bits per heavy atom. The molecule has 1 aromatic heterocycles. The predicted octanol–water partition coefficient (Wildman–Crippen LogP) is 1.54. The van der Waals surface area contributed by atoms with Gasteiger partial charge in [0.15, 0.2) is 5.13 Å². The van der Waals surface area contributed by atoms with Gasteiger partial charge in [-0.3, -0.25) is 9.59 Å². The van der Waals surface area contributed by atoms with Crippen LogP contribution in [0.2, 0.25) is 0 Å². The number of nitrogens with two attached hydrogens (primary N) is 1. The van der Waals surface area contributed by atoms with Crippen molar-refractivity contribution in [3.05, 3.63) is 35.3 Å². The molecule has 1 saturated heterocycles. The van der Waals surface area contributed by atoms with Crippen LogP contribution in [-0.4, -0.2) is 48.4 Å². The number of rotatable bonds is 5. The molecule has 2 aromatic rings. The average Bonchev–Trinajstić information content (AvgIpc) is 3.05. The standard InChI is InChI=1S/C17H20N4O3S/c1-24-14-5-3-13(4-6-14)21-9-8-20(10-16(21)23)15(22)7-2-12-11-25-17(18)19-12/h3-6,11H,2,7-10H2,1H3,(H2,18,19). The lowest BCUT2D eigenvalue weighted by Crippen LogP contribution is -2.52. The number of hydrogen-bond acceptors (Lipinski definition) is 6. The number of thiazole rings is 1. The number of nitrogen functional groups attached to an aromatic ring is 1. The van der Waals surface area contributed by atoms with Crippen molar-refractivity contribution in [2.75, 3.05) is 37.4 Å². The van der Waals surface area contributed by atoms with Crippen molar-refractivity contribution in [2.45, 2.75) is 12.8 Å². The molecule has 3 rings (SSSR count). The van der Waals surface area contributed by atoms with Crippen LogP contribution in [-0.2, 0) is 16.0 Å². The van der Waals surface area contributed by atoms with E-state index in [1.54, 1.807) is 16.9 Å². The molecule has 7 nitrogen and oxygen atoms in total. The lowest BCUT2D eigenvalue weighted by molar-refractivity contribution is -0.136. The molecular formula is C17H20N4O3S. The van der Waals surface area contributed by atoms with Gasteiger partial charge in [0.2, 0.25) is 11.8 Å². The zero-order chi connectivity index (χ0) is 17.8. The third-order valence-electron chi connectivity index (χ3n) is 4.12. The van der Waals surface area contributed by atoms with Crippen LogP contribution in [0.3, 0.4) is 0 Å². The molecule has 0 radical (unpaired) electrons. The van der Waals surface area contributed by atoms with E-state index in [1.165, 1.54) is 11.3 Å². The highest BCUT2D eigenvalue weighted by Gasteiger charge is 2.27. The Kier molecular flexibility index (Phi) is 5.18. The van der Waals surface area contributed by atoms with Crippen LogP contribution in [0.25, 0.3) is 0 Å². The van der Waals surface area contributed by atoms with Gasteiger partial charge in [-0.2, -0.15) is 0 Å². The third kappa shape index (κ3) is 4.08. The molecule has 25 heavy (non-hydrogen) atoms. The zero-order valence-corrected chi connectivity index (χ0v) is 14.8. The van der Waals surface area contributed by atoms with Crippen molar-refractivity contribution in [2.24, 2.45) is 0 Å². The molecule has 132 valence electrons. The Morgan fingerprint density at radius 1 is 1.32 bits per heavy atom. The molecule has 0 spiro atoms. The number of anilines is 2. The van der Waals surface area contributed by atoms with Crippen LogP contribution >= 0.6 is 11.3 Å². The van der Waals surface area contributed by atoms with E-state index in [0.717, 1.165) is 17.1 Å². The summed E-state index contributed by atoms with van der Waals surface area (Å²) in [4.78, 5) is 32.2. The van der Waals surface area contributed by atoms with E-state index in [-0.39, 0.29) is 18.4 Å². The lowest BCUT2D eigenvalue weighted by Gasteiger charge is -2.34. The first-order valence-corrected chi connectivity index (χ1v) is 8.87. The minimum absolute atomic E-state index is 0.0331. The fraction of sp³-hybridized carbons (Fsp3) is 0.353. The first-order valence-electron chi connectivity index (χ1n) is 7.99.